The fourth-order valence-corrected chi connectivity index (χ4v) is 2.55. The molecule has 1 unspecified atom stereocenters. The minimum absolute atomic E-state index is 0.169. The van der Waals surface area contributed by atoms with Crippen molar-refractivity contribution in [2.45, 2.75) is 25.3 Å². The van der Waals surface area contributed by atoms with Crippen molar-refractivity contribution in [3.63, 3.8) is 0 Å². The van der Waals surface area contributed by atoms with Crippen LogP contribution >= 0.6 is 27.5 Å². The number of nitrogens with one attached hydrogen (secondary N) is 1. The van der Waals surface area contributed by atoms with Crippen molar-refractivity contribution in [1.82, 2.24) is 5.32 Å². The summed E-state index contributed by atoms with van der Waals surface area (Å²) in [5, 5.41) is 3.49. The van der Waals surface area contributed by atoms with Crippen LogP contribution < -0.4 is 5.32 Å². The van der Waals surface area contributed by atoms with E-state index in [-0.39, 0.29) is 16.4 Å². The van der Waals surface area contributed by atoms with Gasteiger partial charge in [-0.3, -0.25) is 0 Å². The molecule has 1 aromatic carbocycles. The van der Waals surface area contributed by atoms with Crippen LogP contribution in [0.1, 0.15) is 25.3 Å². The molecule has 82 valence electrons. The molecule has 0 spiro atoms. The number of hydrogen-bond donors (Lipinski definition) is 1. The Kier molecular flexibility index (Phi) is 3.06. The highest BCUT2D eigenvalue weighted by Gasteiger charge is 2.33. The van der Waals surface area contributed by atoms with E-state index >= 15 is 0 Å². The highest BCUT2D eigenvalue weighted by Crippen LogP contribution is 2.36. The largest absolute Gasteiger partial charge is 0.308 e. The molecule has 1 N–H and O–H groups in total. The first-order valence-corrected chi connectivity index (χ1v) is 6.11. The van der Waals surface area contributed by atoms with Crippen molar-refractivity contribution in [1.29, 1.82) is 0 Å². The maximum atomic E-state index is 14.0. The second kappa shape index (κ2) is 4.04. The average molecular weight is 293 g/mol. The number of benzene rings is 1. The van der Waals surface area contributed by atoms with E-state index in [1.54, 1.807) is 12.1 Å². The van der Waals surface area contributed by atoms with E-state index in [0.717, 1.165) is 19.4 Å². The predicted molar refractivity (Wildman–Crippen MR) is 63.7 cm³/mol. The van der Waals surface area contributed by atoms with Gasteiger partial charge in [-0.05, 0) is 48.3 Å². The van der Waals surface area contributed by atoms with Crippen LogP contribution in [0.2, 0.25) is 5.02 Å². The van der Waals surface area contributed by atoms with Gasteiger partial charge < -0.3 is 5.32 Å². The summed E-state index contributed by atoms with van der Waals surface area (Å²) in [6.07, 6.45) is 2.02. The van der Waals surface area contributed by atoms with Crippen LogP contribution in [-0.2, 0) is 5.54 Å². The Bertz CT molecular complexity index is 388. The van der Waals surface area contributed by atoms with Gasteiger partial charge in [-0.25, -0.2) is 4.39 Å². The van der Waals surface area contributed by atoms with Crippen LogP contribution in [0, 0.1) is 5.82 Å². The van der Waals surface area contributed by atoms with Crippen molar-refractivity contribution >= 4 is 27.5 Å². The smallest absolute Gasteiger partial charge is 0.147 e. The van der Waals surface area contributed by atoms with Gasteiger partial charge in [0.25, 0.3) is 0 Å². The molecule has 1 fully saturated rings. The monoisotopic (exact) mass is 291 g/mol. The van der Waals surface area contributed by atoms with Crippen LogP contribution in [0.5, 0.6) is 0 Å². The second-order valence-corrected chi connectivity index (χ2v) is 5.32. The third-order valence-corrected chi connectivity index (χ3v) is 4.26. The van der Waals surface area contributed by atoms with Gasteiger partial charge in [-0.2, -0.15) is 0 Å². The molecule has 15 heavy (non-hydrogen) atoms. The first kappa shape index (κ1) is 11.4. The minimum atomic E-state index is -0.317. The molecule has 0 saturated carbocycles. The summed E-state index contributed by atoms with van der Waals surface area (Å²) in [7, 11) is 0. The SMILES string of the molecule is CC1(c2ccc(Br)c(Cl)c2F)CCCN1. The van der Waals surface area contributed by atoms with E-state index in [4.69, 9.17) is 11.6 Å². The van der Waals surface area contributed by atoms with E-state index in [0.29, 0.717) is 10.0 Å². The Hall–Kier alpha value is -0.120. The minimum Gasteiger partial charge on any atom is -0.308 e. The highest BCUT2D eigenvalue weighted by molar-refractivity contribution is 9.10. The molecule has 4 heteroatoms. The zero-order valence-electron chi connectivity index (χ0n) is 8.41. The molecule has 0 amide bonds. The van der Waals surface area contributed by atoms with Gasteiger partial charge in [0, 0.05) is 15.6 Å². The molecule has 2 rings (SSSR count). The van der Waals surface area contributed by atoms with Crippen LogP contribution in [0.3, 0.4) is 0 Å². The standard InChI is InChI=1S/C11H12BrClFN/c1-11(5-2-6-15-11)7-3-4-8(12)9(13)10(7)14/h3-4,15H,2,5-6H2,1H3. The van der Waals surface area contributed by atoms with Crippen molar-refractivity contribution < 1.29 is 4.39 Å². The zero-order valence-corrected chi connectivity index (χ0v) is 10.8. The van der Waals surface area contributed by atoms with E-state index in [1.165, 1.54) is 0 Å². The molecule has 1 aliphatic heterocycles. The Balaban J connectivity index is 2.49. The van der Waals surface area contributed by atoms with E-state index in [9.17, 15) is 4.39 Å². The van der Waals surface area contributed by atoms with Gasteiger partial charge in [0.15, 0.2) is 0 Å². The lowest BCUT2D eigenvalue weighted by molar-refractivity contribution is 0.411. The summed E-state index contributed by atoms with van der Waals surface area (Å²) in [5.41, 5.74) is 0.391. The maximum absolute atomic E-state index is 14.0. The highest BCUT2D eigenvalue weighted by atomic mass is 79.9. The van der Waals surface area contributed by atoms with Gasteiger partial charge in [0.1, 0.15) is 5.82 Å². The Morgan fingerprint density at radius 3 is 2.87 bits per heavy atom. The summed E-state index contributed by atoms with van der Waals surface area (Å²) >= 11 is 9.09. The molecule has 0 aromatic heterocycles. The summed E-state index contributed by atoms with van der Waals surface area (Å²) in [4.78, 5) is 0. The molecular formula is C11H12BrClFN. The maximum Gasteiger partial charge on any atom is 0.147 e. The normalized spacial score (nSPS) is 25.9. The van der Waals surface area contributed by atoms with Gasteiger partial charge in [0.2, 0.25) is 0 Å². The van der Waals surface area contributed by atoms with Gasteiger partial charge in [-0.15, -0.1) is 0 Å². The van der Waals surface area contributed by atoms with Gasteiger partial charge in [0.05, 0.1) is 5.02 Å². The molecule has 1 saturated heterocycles. The lowest BCUT2D eigenvalue weighted by Gasteiger charge is -2.26. The molecule has 1 aromatic rings. The Morgan fingerprint density at radius 1 is 1.53 bits per heavy atom. The third-order valence-electron chi connectivity index (χ3n) is 3.00. The molecule has 1 atom stereocenters. The van der Waals surface area contributed by atoms with Crippen molar-refractivity contribution in [2.75, 3.05) is 6.54 Å². The average Bonchev–Trinajstić information content (AvgIpc) is 2.62. The van der Waals surface area contributed by atoms with Crippen molar-refractivity contribution in [3.05, 3.63) is 33.0 Å². The van der Waals surface area contributed by atoms with Crippen molar-refractivity contribution in [3.8, 4) is 0 Å². The molecule has 1 aliphatic rings. The molecule has 1 nitrogen and oxygen atoms in total. The van der Waals surface area contributed by atoms with Crippen LogP contribution in [0.4, 0.5) is 4.39 Å². The molecule has 0 bridgehead atoms. The predicted octanol–water partition coefficient (Wildman–Crippen LogP) is 3.84. The summed E-state index contributed by atoms with van der Waals surface area (Å²) in [6.45, 7) is 2.95. The lowest BCUT2D eigenvalue weighted by Crippen LogP contribution is -2.34. The van der Waals surface area contributed by atoms with E-state index in [1.807, 2.05) is 6.92 Å². The summed E-state index contributed by atoms with van der Waals surface area (Å²) in [6, 6.07) is 3.59. The van der Waals surface area contributed by atoms with Crippen molar-refractivity contribution in [2.24, 2.45) is 0 Å². The quantitative estimate of drug-likeness (QED) is 0.776. The van der Waals surface area contributed by atoms with Crippen LogP contribution in [0.15, 0.2) is 16.6 Å². The second-order valence-electron chi connectivity index (χ2n) is 4.09. The Morgan fingerprint density at radius 2 is 2.27 bits per heavy atom. The van der Waals surface area contributed by atoms with E-state index < -0.39 is 0 Å². The van der Waals surface area contributed by atoms with Gasteiger partial charge >= 0.3 is 0 Å². The number of halogens is 3. The zero-order chi connectivity index (χ0) is 11.1. The lowest BCUT2D eigenvalue weighted by atomic mass is 9.90. The first-order chi connectivity index (χ1) is 7.04. The van der Waals surface area contributed by atoms with Crippen LogP contribution in [0.25, 0.3) is 0 Å². The van der Waals surface area contributed by atoms with Gasteiger partial charge in [-0.1, -0.05) is 17.7 Å². The fraction of sp³-hybridized carbons (Fsp3) is 0.455. The fourth-order valence-electron chi connectivity index (χ4n) is 2.08. The molecule has 0 aliphatic carbocycles. The first-order valence-electron chi connectivity index (χ1n) is 4.93. The molecule has 1 heterocycles. The van der Waals surface area contributed by atoms with Crippen LogP contribution in [-0.4, -0.2) is 6.54 Å². The molecular weight excluding hydrogens is 280 g/mol. The van der Waals surface area contributed by atoms with E-state index in [2.05, 4.69) is 21.2 Å². The number of rotatable bonds is 1. The number of hydrogen-bond acceptors (Lipinski definition) is 1. The molecule has 0 radical (unpaired) electrons. The third kappa shape index (κ3) is 1.93. The summed E-state index contributed by atoms with van der Waals surface area (Å²) in [5.74, 6) is -0.317. The Labute approximate surface area is 102 Å². The topological polar surface area (TPSA) is 12.0 Å². The summed E-state index contributed by atoms with van der Waals surface area (Å²) < 4.78 is 14.6.